The molecule has 1 saturated heterocycles. The Balaban J connectivity index is 2.19. The van der Waals surface area contributed by atoms with Crippen molar-refractivity contribution in [3.05, 3.63) is 21.5 Å². The maximum atomic E-state index is 12.2. The summed E-state index contributed by atoms with van der Waals surface area (Å²) in [4.78, 5) is 35.0. The topological polar surface area (TPSA) is 119 Å². The fourth-order valence-corrected chi connectivity index (χ4v) is 2.65. The van der Waals surface area contributed by atoms with E-state index in [1.165, 1.54) is 23.4 Å². The van der Waals surface area contributed by atoms with Gasteiger partial charge in [-0.1, -0.05) is 0 Å². The largest absolute Gasteiger partial charge is 0.480 e. The van der Waals surface area contributed by atoms with E-state index in [4.69, 9.17) is 5.11 Å². The molecule has 1 amide bonds. The molecule has 1 atom stereocenters. The first-order valence-electron chi connectivity index (χ1n) is 6.53. The number of hydrogen-bond donors (Lipinski definition) is 1. The minimum Gasteiger partial charge on any atom is -0.480 e. The number of hydrogen-bond acceptors (Lipinski definition) is 5. The molecule has 1 N–H and O–H groups in total. The molecule has 1 fully saturated rings. The summed E-state index contributed by atoms with van der Waals surface area (Å²) in [6.07, 6.45) is 1.07. The zero-order valence-corrected chi connectivity index (χ0v) is 11.8. The summed E-state index contributed by atoms with van der Waals surface area (Å²) in [7, 11) is 0. The molecule has 2 rings (SSSR count). The average Bonchev–Trinajstić information content (AvgIpc) is 2.95. The molecule has 9 nitrogen and oxygen atoms in total. The first-order chi connectivity index (χ1) is 9.82. The molecule has 1 aliphatic rings. The number of likely N-dealkylation sites (tertiary alicyclic amines) is 1. The lowest BCUT2D eigenvalue weighted by molar-refractivity contribution is -0.386. The number of nitro groups is 1. The highest BCUT2D eigenvalue weighted by molar-refractivity contribution is 5.84. The lowest BCUT2D eigenvalue weighted by Crippen LogP contribution is -2.42. The smallest absolute Gasteiger partial charge is 0.326 e. The van der Waals surface area contributed by atoms with Crippen molar-refractivity contribution < 1.29 is 19.6 Å². The number of carboxylic acid groups (broad SMARTS) is 1. The minimum atomic E-state index is -1.03. The van der Waals surface area contributed by atoms with Crippen LogP contribution in [0.1, 0.15) is 24.2 Å². The molecule has 1 aliphatic heterocycles. The van der Waals surface area contributed by atoms with Crippen molar-refractivity contribution in [3.8, 4) is 0 Å². The second-order valence-electron chi connectivity index (χ2n) is 5.02. The molecule has 114 valence electrons. The normalized spacial score (nSPS) is 18.0. The Morgan fingerprint density at radius 1 is 1.48 bits per heavy atom. The first-order valence-corrected chi connectivity index (χ1v) is 6.53. The number of carbonyl (C=O) groups is 2. The molecule has 0 aromatic carbocycles. The molecule has 1 aromatic rings. The fourth-order valence-electron chi connectivity index (χ4n) is 2.65. The molecular formula is C12H16N4O5. The summed E-state index contributed by atoms with van der Waals surface area (Å²) in [6.45, 7) is 3.22. The van der Waals surface area contributed by atoms with Gasteiger partial charge in [-0.15, -0.1) is 0 Å². The van der Waals surface area contributed by atoms with Gasteiger partial charge < -0.3 is 10.0 Å². The Bertz CT molecular complexity index is 609. The second-order valence-corrected chi connectivity index (χ2v) is 5.02. The highest BCUT2D eigenvalue weighted by Crippen LogP contribution is 2.23. The van der Waals surface area contributed by atoms with Crippen LogP contribution in [0, 0.1) is 24.0 Å². The van der Waals surface area contributed by atoms with E-state index in [0.29, 0.717) is 19.4 Å². The van der Waals surface area contributed by atoms with Gasteiger partial charge in [-0.2, -0.15) is 5.10 Å². The van der Waals surface area contributed by atoms with E-state index in [2.05, 4.69) is 5.10 Å². The lowest BCUT2D eigenvalue weighted by atomic mass is 10.2. The molecule has 0 aliphatic carbocycles. The molecule has 1 aromatic heterocycles. The SMILES string of the molecule is Cc1nn(CC(=O)N2CCC[C@H]2C(=O)O)c(C)c1[N+](=O)[O-]. The summed E-state index contributed by atoms with van der Waals surface area (Å²) in [6, 6.07) is -0.815. The molecule has 9 heteroatoms. The maximum Gasteiger partial charge on any atom is 0.326 e. The van der Waals surface area contributed by atoms with Gasteiger partial charge in [0.1, 0.15) is 24.0 Å². The van der Waals surface area contributed by atoms with Gasteiger partial charge in [-0.3, -0.25) is 19.6 Å². The zero-order chi connectivity index (χ0) is 15.7. The third-order valence-corrected chi connectivity index (χ3v) is 3.67. The van der Waals surface area contributed by atoms with Gasteiger partial charge in [0.05, 0.1) is 4.92 Å². The Kier molecular flexibility index (Phi) is 3.92. The molecule has 0 spiro atoms. The highest BCUT2D eigenvalue weighted by atomic mass is 16.6. The van der Waals surface area contributed by atoms with Crippen molar-refractivity contribution in [1.29, 1.82) is 0 Å². The van der Waals surface area contributed by atoms with Crippen LogP contribution in [-0.2, 0) is 16.1 Å². The van der Waals surface area contributed by atoms with E-state index in [1.807, 2.05) is 0 Å². The van der Waals surface area contributed by atoms with E-state index in [1.54, 1.807) is 0 Å². The molecular weight excluding hydrogens is 280 g/mol. The van der Waals surface area contributed by atoms with Gasteiger partial charge in [0.15, 0.2) is 0 Å². The van der Waals surface area contributed by atoms with E-state index in [0.717, 1.165) is 0 Å². The number of amides is 1. The van der Waals surface area contributed by atoms with E-state index >= 15 is 0 Å². The third kappa shape index (κ3) is 2.71. The molecule has 0 unspecified atom stereocenters. The number of rotatable bonds is 4. The Morgan fingerprint density at radius 2 is 2.14 bits per heavy atom. The number of carboxylic acids is 1. The molecule has 0 saturated carbocycles. The maximum absolute atomic E-state index is 12.2. The fraction of sp³-hybridized carbons (Fsp3) is 0.583. The number of aryl methyl sites for hydroxylation is 1. The number of aromatic nitrogens is 2. The van der Waals surface area contributed by atoms with Crippen LogP contribution < -0.4 is 0 Å². The van der Waals surface area contributed by atoms with Crippen LogP contribution in [0.15, 0.2) is 0 Å². The van der Waals surface area contributed by atoms with Crippen LogP contribution in [0.25, 0.3) is 0 Å². The Morgan fingerprint density at radius 3 is 2.67 bits per heavy atom. The van der Waals surface area contributed by atoms with Crippen molar-refractivity contribution in [2.45, 2.75) is 39.3 Å². The van der Waals surface area contributed by atoms with Gasteiger partial charge in [0.2, 0.25) is 5.91 Å². The number of aliphatic carboxylic acids is 1. The van der Waals surface area contributed by atoms with Gasteiger partial charge in [0.25, 0.3) is 0 Å². The first kappa shape index (κ1) is 14.9. The second kappa shape index (κ2) is 5.51. The third-order valence-electron chi connectivity index (χ3n) is 3.67. The number of carbonyl (C=O) groups excluding carboxylic acids is 1. The molecule has 2 heterocycles. The van der Waals surface area contributed by atoms with E-state index in [-0.39, 0.29) is 29.5 Å². The van der Waals surface area contributed by atoms with Crippen molar-refractivity contribution >= 4 is 17.6 Å². The predicted molar refractivity (Wildman–Crippen MR) is 70.7 cm³/mol. The van der Waals surface area contributed by atoms with Gasteiger partial charge >= 0.3 is 11.7 Å². The van der Waals surface area contributed by atoms with Gasteiger partial charge in [-0.05, 0) is 26.7 Å². The minimum absolute atomic E-state index is 0.112. The monoisotopic (exact) mass is 296 g/mol. The van der Waals surface area contributed by atoms with Gasteiger partial charge in [0, 0.05) is 6.54 Å². The predicted octanol–water partition coefficient (Wildman–Crippen LogP) is 0.484. The van der Waals surface area contributed by atoms with Crippen molar-refractivity contribution in [2.75, 3.05) is 6.54 Å². The summed E-state index contributed by atoms with van der Waals surface area (Å²) in [5.74, 6) is -1.42. The van der Waals surface area contributed by atoms with Crippen LogP contribution in [0.2, 0.25) is 0 Å². The highest BCUT2D eigenvalue weighted by Gasteiger charge is 2.34. The Hall–Kier alpha value is -2.45. The number of nitrogens with zero attached hydrogens (tertiary/aromatic N) is 4. The van der Waals surface area contributed by atoms with Crippen LogP contribution in [0.4, 0.5) is 5.69 Å². The summed E-state index contributed by atoms with van der Waals surface area (Å²) in [5.41, 5.74) is 0.414. The average molecular weight is 296 g/mol. The molecule has 21 heavy (non-hydrogen) atoms. The van der Waals surface area contributed by atoms with Gasteiger partial charge in [-0.25, -0.2) is 4.79 Å². The van der Waals surface area contributed by atoms with Crippen LogP contribution in [0.5, 0.6) is 0 Å². The zero-order valence-electron chi connectivity index (χ0n) is 11.8. The van der Waals surface area contributed by atoms with E-state index < -0.39 is 16.9 Å². The summed E-state index contributed by atoms with van der Waals surface area (Å²) < 4.78 is 1.26. The molecule has 0 radical (unpaired) electrons. The van der Waals surface area contributed by atoms with Crippen molar-refractivity contribution in [1.82, 2.24) is 14.7 Å². The quantitative estimate of drug-likeness (QED) is 0.637. The van der Waals surface area contributed by atoms with E-state index in [9.17, 15) is 19.7 Å². The van der Waals surface area contributed by atoms with Crippen LogP contribution in [-0.4, -0.2) is 49.2 Å². The van der Waals surface area contributed by atoms with Crippen LogP contribution >= 0.6 is 0 Å². The summed E-state index contributed by atoms with van der Waals surface area (Å²) in [5, 5.41) is 24.0. The standard InChI is InChI=1S/C12H16N4O5/c1-7-11(16(20)21)8(2)15(13-7)6-10(17)14-5-3-4-9(14)12(18)19/h9H,3-6H2,1-2H3,(H,18,19)/t9-/m0/s1. The molecule has 0 bridgehead atoms. The Labute approximate surface area is 120 Å². The lowest BCUT2D eigenvalue weighted by Gasteiger charge is -2.21. The van der Waals surface area contributed by atoms with Crippen LogP contribution in [0.3, 0.4) is 0 Å². The van der Waals surface area contributed by atoms with Crippen molar-refractivity contribution in [2.24, 2.45) is 0 Å². The van der Waals surface area contributed by atoms with Crippen molar-refractivity contribution in [3.63, 3.8) is 0 Å². The summed E-state index contributed by atoms with van der Waals surface area (Å²) >= 11 is 0.